The molecule has 0 aliphatic carbocycles. The van der Waals surface area contributed by atoms with Gasteiger partial charge in [-0.25, -0.2) is 19.9 Å². The van der Waals surface area contributed by atoms with Crippen molar-refractivity contribution in [1.82, 2.24) is 19.9 Å². The van der Waals surface area contributed by atoms with Crippen molar-refractivity contribution < 1.29 is 4.42 Å². The van der Waals surface area contributed by atoms with Gasteiger partial charge in [0.2, 0.25) is 5.89 Å². The maximum Gasteiger partial charge on any atom is 0.227 e. The van der Waals surface area contributed by atoms with Gasteiger partial charge in [-0.3, -0.25) is 0 Å². The van der Waals surface area contributed by atoms with E-state index in [2.05, 4.69) is 91.0 Å². The second-order valence-electron chi connectivity index (χ2n) is 12.3. The lowest BCUT2D eigenvalue weighted by atomic mass is 9.94. The molecule has 0 bridgehead atoms. The summed E-state index contributed by atoms with van der Waals surface area (Å²) in [6.45, 7) is 0. The number of fused-ring (bicyclic) bond motifs is 8. The SMILES string of the molecule is c1ccc(-c2nc(-c3ccc4ccccc4c3)nc(-c3cccc4c3ccc3c4ccc4c3ccc3oc(-c5ccccc5)nc34)n2)cc1. The molecule has 0 saturated carbocycles. The normalized spacial score (nSPS) is 11.7. The second-order valence-corrected chi connectivity index (χ2v) is 12.3. The zero-order chi connectivity index (χ0) is 32.3. The average Bonchev–Trinajstić information content (AvgIpc) is 3.63. The largest absolute Gasteiger partial charge is 0.436 e. The van der Waals surface area contributed by atoms with E-state index in [0.29, 0.717) is 23.4 Å². The Labute approximate surface area is 281 Å². The van der Waals surface area contributed by atoms with Crippen LogP contribution in [0.2, 0.25) is 0 Å². The molecule has 0 amide bonds. The Kier molecular flexibility index (Phi) is 6.11. The van der Waals surface area contributed by atoms with Gasteiger partial charge in [0, 0.05) is 27.6 Å². The molecule has 0 spiro atoms. The minimum Gasteiger partial charge on any atom is -0.436 e. The standard InChI is InChI=1S/C44H26N4O/c1-3-11-28(12-4-1)41-46-42(31-19-18-27-10-7-8-15-30(27)26-31)48-43(47-41)38-17-9-16-32-33-22-23-37-35(34(33)20-21-36(32)38)24-25-39-40(37)45-44(49-39)29-13-5-2-6-14-29/h1-26H. The van der Waals surface area contributed by atoms with Crippen LogP contribution in [0, 0.1) is 0 Å². The van der Waals surface area contributed by atoms with E-state index in [0.717, 1.165) is 71.1 Å². The van der Waals surface area contributed by atoms with Crippen molar-refractivity contribution in [2.75, 3.05) is 0 Å². The third-order valence-electron chi connectivity index (χ3n) is 9.35. The Morgan fingerprint density at radius 3 is 1.73 bits per heavy atom. The zero-order valence-corrected chi connectivity index (χ0v) is 26.2. The Morgan fingerprint density at radius 1 is 0.347 bits per heavy atom. The quantitative estimate of drug-likeness (QED) is 0.182. The van der Waals surface area contributed by atoms with E-state index in [1.165, 1.54) is 5.39 Å². The predicted molar refractivity (Wildman–Crippen MR) is 199 cm³/mol. The van der Waals surface area contributed by atoms with Gasteiger partial charge in [0.25, 0.3) is 0 Å². The van der Waals surface area contributed by atoms with Crippen LogP contribution < -0.4 is 0 Å². The van der Waals surface area contributed by atoms with Crippen molar-refractivity contribution in [3.63, 3.8) is 0 Å². The molecule has 0 N–H and O–H groups in total. The van der Waals surface area contributed by atoms with Crippen LogP contribution in [0.4, 0.5) is 0 Å². The van der Waals surface area contributed by atoms with Gasteiger partial charge in [0.15, 0.2) is 23.1 Å². The highest BCUT2D eigenvalue weighted by atomic mass is 16.3. The summed E-state index contributed by atoms with van der Waals surface area (Å²) in [7, 11) is 0. The lowest BCUT2D eigenvalue weighted by Crippen LogP contribution is -2.00. The van der Waals surface area contributed by atoms with Crippen LogP contribution in [0.3, 0.4) is 0 Å². The molecule has 8 aromatic carbocycles. The van der Waals surface area contributed by atoms with Crippen LogP contribution in [0.15, 0.2) is 162 Å². The fourth-order valence-corrected chi connectivity index (χ4v) is 6.95. The molecule has 228 valence electrons. The molecule has 0 atom stereocenters. The number of nitrogens with zero attached hydrogens (tertiary/aromatic N) is 4. The molecule has 10 aromatic rings. The third kappa shape index (κ3) is 4.55. The maximum atomic E-state index is 6.18. The Morgan fingerprint density at radius 2 is 0.939 bits per heavy atom. The van der Waals surface area contributed by atoms with E-state index in [9.17, 15) is 0 Å². The van der Waals surface area contributed by atoms with Crippen molar-refractivity contribution in [2.24, 2.45) is 0 Å². The van der Waals surface area contributed by atoms with Crippen molar-refractivity contribution >= 4 is 54.2 Å². The second kappa shape index (κ2) is 10.9. The van der Waals surface area contributed by atoms with Crippen molar-refractivity contribution in [3.8, 4) is 45.6 Å². The topological polar surface area (TPSA) is 64.7 Å². The first-order chi connectivity index (χ1) is 24.3. The van der Waals surface area contributed by atoms with E-state index in [-0.39, 0.29) is 0 Å². The van der Waals surface area contributed by atoms with Crippen LogP contribution in [0.5, 0.6) is 0 Å². The van der Waals surface area contributed by atoms with E-state index < -0.39 is 0 Å². The fraction of sp³-hybridized carbons (Fsp3) is 0. The molecule has 5 heteroatoms. The van der Waals surface area contributed by atoms with Crippen molar-refractivity contribution in [3.05, 3.63) is 158 Å². The van der Waals surface area contributed by atoms with Gasteiger partial charge in [0.05, 0.1) is 0 Å². The summed E-state index contributed by atoms with van der Waals surface area (Å²) in [5, 5.41) is 9.06. The lowest BCUT2D eigenvalue weighted by Gasteiger charge is -2.12. The molecule has 0 radical (unpaired) electrons. The molecule has 10 rings (SSSR count). The van der Waals surface area contributed by atoms with Gasteiger partial charge in [-0.1, -0.05) is 127 Å². The van der Waals surface area contributed by atoms with Crippen molar-refractivity contribution in [1.29, 1.82) is 0 Å². The Balaban J connectivity index is 1.16. The molecular weight excluding hydrogens is 601 g/mol. The van der Waals surface area contributed by atoms with Crippen molar-refractivity contribution in [2.45, 2.75) is 0 Å². The van der Waals surface area contributed by atoms with Gasteiger partial charge < -0.3 is 4.42 Å². The molecule has 0 saturated heterocycles. The summed E-state index contributed by atoms with van der Waals surface area (Å²) >= 11 is 0. The molecule has 0 fully saturated rings. The molecule has 0 unspecified atom stereocenters. The predicted octanol–water partition coefficient (Wildman–Crippen LogP) is 11.3. The van der Waals surface area contributed by atoms with Gasteiger partial charge in [-0.2, -0.15) is 0 Å². The summed E-state index contributed by atoms with van der Waals surface area (Å²) < 4.78 is 6.18. The first-order valence-corrected chi connectivity index (χ1v) is 16.3. The molecule has 5 nitrogen and oxygen atoms in total. The first kappa shape index (κ1) is 27.4. The molecule has 49 heavy (non-hydrogen) atoms. The average molecular weight is 627 g/mol. The summed E-state index contributed by atoms with van der Waals surface area (Å²) in [4.78, 5) is 20.1. The summed E-state index contributed by atoms with van der Waals surface area (Å²) in [5.74, 6) is 2.55. The van der Waals surface area contributed by atoms with Crippen LogP contribution in [-0.4, -0.2) is 19.9 Å². The minimum atomic E-state index is 0.627. The van der Waals surface area contributed by atoms with E-state index >= 15 is 0 Å². The Hall–Kier alpha value is -6.72. The number of benzene rings is 8. The Bertz CT molecular complexity index is 2880. The van der Waals surface area contributed by atoms with Gasteiger partial charge >= 0.3 is 0 Å². The first-order valence-electron chi connectivity index (χ1n) is 16.3. The van der Waals surface area contributed by atoms with Gasteiger partial charge in [-0.15, -0.1) is 0 Å². The number of hydrogen-bond acceptors (Lipinski definition) is 5. The highest BCUT2D eigenvalue weighted by Crippen LogP contribution is 2.38. The van der Waals surface area contributed by atoms with Crippen LogP contribution in [-0.2, 0) is 0 Å². The zero-order valence-electron chi connectivity index (χ0n) is 26.2. The highest BCUT2D eigenvalue weighted by Gasteiger charge is 2.17. The summed E-state index contributed by atoms with van der Waals surface area (Å²) in [6, 6.07) is 54.2. The maximum absolute atomic E-state index is 6.18. The summed E-state index contributed by atoms with van der Waals surface area (Å²) in [6.07, 6.45) is 0. The number of hydrogen-bond donors (Lipinski definition) is 0. The lowest BCUT2D eigenvalue weighted by molar-refractivity contribution is 0.620. The fourth-order valence-electron chi connectivity index (χ4n) is 6.95. The molecule has 2 aromatic heterocycles. The van der Waals surface area contributed by atoms with E-state index in [1.54, 1.807) is 0 Å². The minimum absolute atomic E-state index is 0.627. The van der Waals surface area contributed by atoms with Gasteiger partial charge in [0.1, 0.15) is 5.52 Å². The number of oxazole rings is 1. The van der Waals surface area contributed by atoms with Crippen LogP contribution in [0.1, 0.15) is 0 Å². The number of rotatable bonds is 4. The van der Waals surface area contributed by atoms with Gasteiger partial charge in [-0.05, 0) is 68.0 Å². The molecule has 2 heterocycles. The summed E-state index contributed by atoms with van der Waals surface area (Å²) in [5.41, 5.74) is 5.46. The number of aromatic nitrogens is 4. The molecule has 0 aliphatic rings. The van der Waals surface area contributed by atoms with Crippen LogP contribution >= 0.6 is 0 Å². The van der Waals surface area contributed by atoms with E-state index in [1.807, 2.05) is 66.7 Å². The molecule has 0 aliphatic heterocycles. The molecular formula is C44H26N4O. The monoisotopic (exact) mass is 626 g/mol. The third-order valence-corrected chi connectivity index (χ3v) is 9.35. The van der Waals surface area contributed by atoms with E-state index in [4.69, 9.17) is 24.4 Å². The highest BCUT2D eigenvalue weighted by molar-refractivity contribution is 6.22. The van der Waals surface area contributed by atoms with Crippen LogP contribution in [0.25, 0.3) is 99.8 Å². The smallest absolute Gasteiger partial charge is 0.227 e.